The monoisotopic (exact) mass is 389 g/mol. The lowest BCUT2D eigenvalue weighted by atomic mass is 9.67. The SMILES string of the molecule is COC(=O)c1c(C)[nH]c(C(=O)[C@@H](C)OC(=O)C2C[C@H]3CCC[C@@H](C2)C3=O)c1C. The molecule has 2 aliphatic rings. The molecule has 4 atom stereocenters. The van der Waals surface area contributed by atoms with Gasteiger partial charge in [-0.25, -0.2) is 4.79 Å². The summed E-state index contributed by atoms with van der Waals surface area (Å²) in [7, 11) is 1.28. The van der Waals surface area contributed by atoms with E-state index in [4.69, 9.17) is 9.47 Å². The van der Waals surface area contributed by atoms with E-state index in [2.05, 4.69) is 4.98 Å². The minimum Gasteiger partial charge on any atom is -0.465 e. The zero-order chi connectivity index (χ0) is 20.6. The molecule has 1 aromatic heterocycles. The zero-order valence-electron chi connectivity index (χ0n) is 16.8. The number of Topliss-reactive ketones (excluding diaryl/α,β-unsaturated/α-hetero) is 2. The van der Waals surface area contributed by atoms with E-state index in [1.54, 1.807) is 13.8 Å². The molecule has 2 bridgehead atoms. The number of hydrogen-bond acceptors (Lipinski definition) is 6. The van der Waals surface area contributed by atoms with Crippen molar-refractivity contribution in [3.05, 3.63) is 22.5 Å². The molecule has 1 aromatic rings. The molecule has 7 nitrogen and oxygen atoms in total. The predicted molar refractivity (Wildman–Crippen MR) is 100 cm³/mol. The minimum atomic E-state index is -0.979. The zero-order valence-corrected chi connectivity index (χ0v) is 16.8. The summed E-state index contributed by atoms with van der Waals surface area (Å²) < 4.78 is 10.2. The first-order valence-electron chi connectivity index (χ1n) is 9.80. The van der Waals surface area contributed by atoms with Crippen LogP contribution in [0.5, 0.6) is 0 Å². The summed E-state index contributed by atoms with van der Waals surface area (Å²) in [6, 6.07) is 0. The molecule has 0 saturated heterocycles. The maximum absolute atomic E-state index is 12.8. The van der Waals surface area contributed by atoms with Gasteiger partial charge in [0.1, 0.15) is 5.78 Å². The number of fused-ring (bicyclic) bond motifs is 2. The van der Waals surface area contributed by atoms with Gasteiger partial charge in [0, 0.05) is 17.5 Å². The average Bonchev–Trinajstić information content (AvgIpc) is 2.94. The molecule has 0 amide bonds. The van der Waals surface area contributed by atoms with Gasteiger partial charge in [0.15, 0.2) is 6.10 Å². The molecule has 152 valence electrons. The first kappa shape index (κ1) is 20.3. The molecule has 1 unspecified atom stereocenters. The number of aryl methyl sites for hydroxylation is 1. The van der Waals surface area contributed by atoms with Crippen molar-refractivity contribution >= 4 is 23.5 Å². The number of H-pyrrole nitrogens is 1. The molecular formula is C21H27NO6. The van der Waals surface area contributed by atoms with Crippen LogP contribution in [-0.4, -0.2) is 41.7 Å². The molecule has 1 N–H and O–H groups in total. The lowest BCUT2D eigenvalue weighted by molar-refractivity contribution is -0.155. The number of carbonyl (C=O) groups is 4. The van der Waals surface area contributed by atoms with Crippen LogP contribution < -0.4 is 0 Å². The Morgan fingerprint density at radius 3 is 2.29 bits per heavy atom. The van der Waals surface area contributed by atoms with Crippen LogP contribution in [0.3, 0.4) is 0 Å². The largest absolute Gasteiger partial charge is 0.465 e. The summed E-state index contributed by atoms with van der Waals surface area (Å²) in [5.41, 5.74) is 1.58. The third-order valence-corrected chi connectivity index (χ3v) is 6.12. The highest BCUT2D eigenvalue weighted by Gasteiger charge is 2.42. The first-order valence-corrected chi connectivity index (χ1v) is 9.80. The van der Waals surface area contributed by atoms with E-state index in [9.17, 15) is 19.2 Å². The Kier molecular flexibility index (Phi) is 5.72. The Balaban J connectivity index is 1.69. The van der Waals surface area contributed by atoms with Crippen molar-refractivity contribution in [2.75, 3.05) is 7.11 Å². The average molecular weight is 389 g/mol. The number of carbonyl (C=O) groups excluding carboxylic acids is 4. The van der Waals surface area contributed by atoms with Crippen LogP contribution in [-0.2, 0) is 19.1 Å². The van der Waals surface area contributed by atoms with Gasteiger partial charge in [0.25, 0.3) is 0 Å². The van der Waals surface area contributed by atoms with Crippen LogP contribution in [0.4, 0.5) is 0 Å². The van der Waals surface area contributed by atoms with Crippen molar-refractivity contribution in [2.24, 2.45) is 17.8 Å². The topological polar surface area (TPSA) is 103 Å². The van der Waals surface area contributed by atoms with E-state index < -0.39 is 23.8 Å². The number of ketones is 2. The maximum Gasteiger partial charge on any atom is 0.339 e. The molecule has 2 aliphatic carbocycles. The van der Waals surface area contributed by atoms with Crippen molar-refractivity contribution in [3.63, 3.8) is 0 Å². The van der Waals surface area contributed by atoms with Crippen molar-refractivity contribution in [1.82, 2.24) is 4.98 Å². The van der Waals surface area contributed by atoms with Crippen LogP contribution in [0.25, 0.3) is 0 Å². The van der Waals surface area contributed by atoms with Gasteiger partial charge in [-0.2, -0.15) is 0 Å². The fourth-order valence-electron chi connectivity index (χ4n) is 4.60. The van der Waals surface area contributed by atoms with Gasteiger partial charge in [-0.1, -0.05) is 6.42 Å². The number of rotatable bonds is 5. The van der Waals surface area contributed by atoms with Crippen molar-refractivity contribution in [3.8, 4) is 0 Å². The molecule has 0 aliphatic heterocycles. The predicted octanol–water partition coefficient (Wildman–Crippen LogP) is 2.93. The molecule has 0 aromatic carbocycles. The second-order valence-electron chi connectivity index (χ2n) is 7.96. The van der Waals surface area contributed by atoms with Crippen LogP contribution in [0.15, 0.2) is 0 Å². The minimum absolute atomic E-state index is 0.0491. The van der Waals surface area contributed by atoms with E-state index in [-0.39, 0.29) is 29.2 Å². The van der Waals surface area contributed by atoms with Gasteiger partial charge in [-0.15, -0.1) is 0 Å². The van der Waals surface area contributed by atoms with E-state index in [0.717, 1.165) is 19.3 Å². The molecular weight excluding hydrogens is 362 g/mol. The first-order chi connectivity index (χ1) is 13.2. The number of methoxy groups -OCH3 is 1. The molecule has 0 spiro atoms. The molecule has 2 saturated carbocycles. The van der Waals surface area contributed by atoms with Gasteiger partial charge >= 0.3 is 11.9 Å². The molecule has 7 heteroatoms. The Labute approximate surface area is 164 Å². The summed E-state index contributed by atoms with van der Waals surface area (Å²) >= 11 is 0. The Bertz CT molecular complexity index is 807. The molecule has 0 radical (unpaired) electrons. The van der Waals surface area contributed by atoms with Gasteiger partial charge in [0.2, 0.25) is 5.78 Å². The third kappa shape index (κ3) is 3.62. The van der Waals surface area contributed by atoms with E-state index in [1.807, 2.05) is 0 Å². The second kappa shape index (κ2) is 7.89. The molecule has 1 heterocycles. The van der Waals surface area contributed by atoms with Gasteiger partial charge in [0.05, 0.1) is 24.3 Å². The van der Waals surface area contributed by atoms with Gasteiger partial charge in [-0.3, -0.25) is 14.4 Å². The van der Waals surface area contributed by atoms with Gasteiger partial charge in [-0.05, 0) is 52.0 Å². The van der Waals surface area contributed by atoms with Crippen LogP contribution in [0, 0.1) is 31.6 Å². The number of nitrogens with one attached hydrogen (secondary N) is 1. The molecule has 3 rings (SSSR count). The van der Waals surface area contributed by atoms with Crippen molar-refractivity contribution < 1.29 is 28.7 Å². The fourth-order valence-corrected chi connectivity index (χ4v) is 4.60. The standard InChI is InChI=1S/C21H27NO6/c1-10-16(21(26)27-4)11(2)22-17(10)18(23)12(3)28-20(25)15-8-13-6-5-7-14(9-15)19(13)24/h12-15,22H,5-9H2,1-4H3/t12-,13-,14+,15?/m1/s1. The summed E-state index contributed by atoms with van der Waals surface area (Å²) in [5.74, 6) is -1.48. The Hall–Kier alpha value is -2.44. The van der Waals surface area contributed by atoms with Crippen LogP contribution >= 0.6 is 0 Å². The quantitative estimate of drug-likeness (QED) is 0.614. The van der Waals surface area contributed by atoms with E-state index in [0.29, 0.717) is 29.7 Å². The van der Waals surface area contributed by atoms with Crippen molar-refractivity contribution in [1.29, 1.82) is 0 Å². The summed E-state index contributed by atoms with van der Waals surface area (Å²) in [5, 5.41) is 0. The highest BCUT2D eigenvalue weighted by molar-refractivity contribution is 6.04. The normalized spacial score (nSPS) is 25.1. The van der Waals surface area contributed by atoms with Crippen LogP contribution in [0.1, 0.15) is 71.1 Å². The number of ether oxygens (including phenoxy) is 2. The highest BCUT2D eigenvalue weighted by atomic mass is 16.5. The number of aromatic nitrogens is 1. The lowest BCUT2D eigenvalue weighted by Gasteiger charge is -2.36. The highest BCUT2D eigenvalue weighted by Crippen LogP contribution is 2.40. The number of esters is 2. The van der Waals surface area contributed by atoms with Crippen LogP contribution in [0.2, 0.25) is 0 Å². The van der Waals surface area contributed by atoms with Gasteiger partial charge < -0.3 is 14.5 Å². The molecule has 2 fully saturated rings. The fraction of sp³-hybridized carbons (Fsp3) is 0.619. The number of hydrogen-bond donors (Lipinski definition) is 1. The van der Waals surface area contributed by atoms with Crippen molar-refractivity contribution in [2.45, 2.75) is 59.0 Å². The molecule has 28 heavy (non-hydrogen) atoms. The number of aromatic amines is 1. The lowest BCUT2D eigenvalue weighted by Crippen LogP contribution is -2.40. The summed E-state index contributed by atoms with van der Waals surface area (Å²) in [6.07, 6.45) is 2.76. The van der Waals surface area contributed by atoms with E-state index in [1.165, 1.54) is 14.0 Å². The summed E-state index contributed by atoms with van der Waals surface area (Å²) in [4.78, 5) is 52.4. The maximum atomic E-state index is 12.8. The third-order valence-electron chi connectivity index (χ3n) is 6.12. The Morgan fingerprint density at radius 1 is 1.11 bits per heavy atom. The van der Waals surface area contributed by atoms with E-state index >= 15 is 0 Å². The smallest absolute Gasteiger partial charge is 0.339 e. The summed E-state index contributed by atoms with van der Waals surface area (Å²) in [6.45, 7) is 4.87. The Morgan fingerprint density at radius 2 is 1.71 bits per heavy atom. The second-order valence-corrected chi connectivity index (χ2v) is 7.96.